The molecule has 4 nitrogen and oxygen atoms in total. The molecule has 0 aromatic carbocycles. The summed E-state index contributed by atoms with van der Waals surface area (Å²) in [6.07, 6.45) is 8.06. The van der Waals surface area contributed by atoms with Gasteiger partial charge in [-0.15, -0.1) is 0 Å². The number of unbranched alkanes of at least 4 members (excludes halogenated alkanes) is 2. The molecule has 2 unspecified atom stereocenters. The van der Waals surface area contributed by atoms with E-state index in [2.05, 4.69) is 24.2 Å². The molecule has 4 heteroatoms. The van der Waals surface area contributed by atoms with Gasteiger partial charge >= 0.3 is 5.97 Å². The Morgan fingerprint density at radius 3 is 2.71 bits per heavy atom. The van der Waals surface area contributed by atoms with Gasteiger partial charge in [0.2, 0.25) is 0 Å². The van der Waals surface area contributed by atoms with E-state index in [-0.39, 0.29) is 5.97 Å². The summed E-state index contributed by atoms with van der Waals surface area (Å²) in [5, 5.41) is 3.30. The Morgan fingerprint density at radius 1 is 1.33 bits per heavy atom. The van der Waals surface area contributed by atoms with E-state index >= 15 is 0 Å². The van der Waals surface area contributed by atoms with Gasteiger partial charge in [-0.1, -0.05) is 26.2 Å². The van der Waals surface area contributed by atoms with Gasteiger partial charge in [0.05, 0.1) is 6.61 Å². The van der Waals surface area contributed by atoms with Crippen LogP contribution in [0.15, 0.2) is 0 Å². The lowest BCUT2D eigenvalue weighted by molar-refractivity contribution is -0.153. The predicted octanol–water partition coefficient (Wildman–Crippen LogP) is 2.82. The Labute approximate surface area is 130 Å². The fourth-order valence-corrected chi connectivity index (χ4v) is 3.55. The van der Waals surface area contributed by atoms with Gasteiger partial charge in [0.25, 0.3) is 0 Å². The van der Waals surface area contributed by atoms with Crippen LogP contribution in [0.3, 0.4) is 0 Å². The molecule has 0 aliphatic heterocycles. The second-order valence-electron chi connectivity index (χ2n) is 6.33. The molecule has 1 saturated carbocycles. The van der Waals surface area contributed by atoms with Crippen molar-refractivity contribution < 1.29 is 9.53 Å². The van der Waals surface area contributed by atoms with E-state index in [1.54, 1.807) is 0 Å². The van der Waals surface area contributed by atoms with Crippen LogP contribution in [0.25, 0.3) is 0 Å². The number of likely N-dealkylation sites (N-methyl/N-ethyl adjacent to an activating group) is 1. The first-order valence-electron chi connectivity index (χ1n) is 8.65. The molecule has 0 heterocycles. The second-order valence-corrected chi connectivity index (χ2v) is 6.33. The Balaban J connectivity index is 2.50. The number of esters is 1. The van der Waals surface area contributed by atoms with E-state index in [1.165, 1.54) is 19.3 Å². The number of hydrogen-bond donors (Lipinski definition) is 1. The molecule has 0 saturated heterocycles. The third-order valence-corrected chi connectivity index (χ3v) is 4.91. The number of ether oxygens (including phenoxy) is 1. The zero-order valence-electron chi connectivity index (χ0n) is 14.4. The zero-order valence-corrected chi connectivity index (χ0v) is 14.4. The van der Waals surface area contributed by atoms with Gasteiger partial charge in [0.1, 0.15) is 5.54 Å². The Morgan fingerprint density at radius 2 is 2.10 bits per heavy atom. The van der Waals surface area contributed by atoms with Crippen molar-refractivity contribution in [2.24, 2.45) is 5.92 Å². The summed E-state index contributed by atoms with van der Waals surface area (Å²) in [6.45, 7) is 6.81. The molecule has 1 rings (SSSR count). The number of nitrogens with one attached hydrogen (secondary N) is 1. The first-order chi connectivity index (χ1) is 10.1. The maximum absolute atomic E-state index is 12.4. The summed E-state index contributed by atoms with van der Waals surface area (Å²) in [7, 11) is 4.09. The van der Waals surface area contributed by atoms with Crippen molar-refractivity contribution in [3.8, 4) is 0 Å². The normalized spacial score (nSPS) is 25.5. The maximum Gasteiger partial charge on any atom is 0.326 e. The molecular weight excluding hydrogens is 264 g/mol. The third-order valence-electron chi connectivity index (χ3n) is 4.91. The van der Waals surface area contributed by atoms with Crippen LogP contribution in [-0.4, -0.2) is 50.2 Å². The molecule has 124 valence electrons. The minimum absolute atomic E-state index is 0.0522. The number of hydrogen-bond acceptors (Lipinski definition) is 4. The van der Waals surface area contributed by atoms with Crippen molar-refractivity contribution in [3.05, 3.63) is 0 Å². The first-order valence-corrected chi connectivity index (χ1v) is 8.65. The molecule has 1 aliphatic carbocycles. The summed E-state index contributed by atoms with van der Waals surface area (Å²) in [4.78, 5) is 14.8. The monoisotopic (exact) mass is 298 g/mol. The summed E-state index contributed by atoms with van der Waals surface area (Å²) in [6, 6.07) is 0. The average molecular weight is 298 g/mol. The van der Waals surface area contributed by atoms with Gasteiger partial charge in [0, 0.05) is 0 Å². The molecule has 0 aromatic heterocycles. The van der Waals surface area contributed by atoms with Crippen LogP contribution in [0.5, 0.6) is 0 Å². The highest BCUT2D eigenvalue weighted by Gasteiger charge is 2.48. The summed E-state index contributed by atoms with van der Waals surface area (Å²) in [5.41, 5.74) is -0.444. The van der Waals surface area contributed by atoms with Crippen LogP contribution in [0.2, 0.25) is 0 Å². The predicted molar refractivity (Wildman–Crippen MR) is 87.4 cm³/mol. The van der Waals surface area contributed by atoms with Crippen LogP contribution in [0.4, 0.5) is 0 Å². The van der Waals surface area contributed by atoms with Crippen LogP contribution in [0.1, 0.15) is 58.8 Å². The SMILES string of the molecule is CCCCCN(C)CCC1CCCC1(NC)C(=O)OCC. The number of carbonyl (C=O) groups is 1. The van der Waals surface area contributed by atoms with Crippen LogP contribution < -0.4 is 5.32 Å². The van der Waals surface area contributed by atoms with Crippen molar-refractivity contribution in [1.82, 2.24) is 10.2 Å². The number of nitrogens with zero attached hydrogens (tertiary/aromatic N) is 1. The topological polar surface area (TPSA) is 41.6 Å². The van der Waals surface area contributed by atoms with Crippen molar-refractivity contribution in [2.75, 3.05) is 33.8 Å². The second kappa shape index (κ2) is 9.42. The van der Waals surface area contributed by atoms with E-state index in [4.69, 9.17) is 4.74 Å². The number of rotatable bonds is 10. The highest BCUT2D eigenvalue weighted by Crippen LogP contribution is 2.38. The molecule has 21 heavy (non-hydrogen) atoms. The van der Waals surface area contributed by atoms with E-state index in [1.807, 2.05) is 14.0 Å². The molecular formula is C17H34N2O2. The summed E-state index contributed by atoms with van der Waals surface area (Å²) in [5.74, 6) is 0.346. The molecule has 0 radical (unpaired) electrons. The summed E-state index contributed by atoms with van der Waals surface area (Å²) >= 11 is 0. The highest BCUT2D eigenvalue weighted by atomic mass is 16.5. The van der Waals surface area contributed by atoms with E-state index in [0.717, 1.165) is 38.8 Å². The average Bonchev–Trinajstić information content (AvgIpc) is 2.90. The smallest absolute Gasteiger partial charge is 0.326 e. The molecule has 1 aliphatic rings. The van der Waals surface area contributed by atoms with Crippen molar-refractivity contribution >= 4 is 5.97 Å². The van der Waals surface area contributed by atoms with Crippen LogP contribution in [-0.2, 0) is 9.53 Å². The standard InChI is InChI=1S/C17H34N2O2/c1-5-7-8-13-19(4)14-11-15-10-9-12-17(15,18-3)16(20)21-6-2/h15,18H,5-14H2,1-4H3. The molecule has 1 fully saturated rings. The quantitative estimate of drug-likeness (QED) is 0.497. The van der Waals surface area contributed by atoms with Gasteiger partial charge in [-0.2, -0.15) is 0 Å². The molecule has 0 spiro atoms. The Bertz CT molecular complexity index is 309. The van der Waals surface area contributed by atoms with Gasteiger partial charge in [-0.05, 0) is 65.7 Å². The number of carbonyl (C=O) groups excluding carboxylic acids is 1. The Hall–Kier alpha value is -0.610. The Kier molecular flexibility index (Phi) is 8.27. The maximum atomic E-state index is 12.4. The minimum Gasteiger partial charge on any atom is -0.465 e. The molecule has 0 aromatic rings. The first kappa shape index (κ1) is 18.4. The van der Waals surface area contributed by atoms with Gasteiger partial charge < -0.3 is 15.0 Å². The minimum atomic E-state index is -0.444. The van der Waals surface area contributed by atoms with Crippen molar-refractivity contribution in [1.29, 1.82) is 0 Å². The third kappa shape index (κ3) is 4.96. The van der Waals surface area contributed by atoms with Gasteiger partial charge in [0.15, 0.2) is 0 Å². The van der Waals surface area contributed by atoms with Crippen LogP contribution in [0, 0.1) is 5.92 Å². The van der Waals surface area contributed by atoms with E-state index in [0.29, 0.717) is 12.5 Å². The van der Waals surface area contributed by atoms with Gasteiger partial charge in [-0.3, -0.25) is 4.79 Å². The molecule has 0 bridgehead atoms. The lowest BCUT2D eigenvalue weighted by atomic mass is 9.84. The molecule has 0 amide bonds. The lowest BCUT2D eigenvalue weighted by Crippen LogP contribution is -2.54. The summed E-state index contributed by atoms with van der Waals surface area (Å²) < 4.78 is 5.32. The highest BCUT2D eigenvalue weighted by molar-refractivity contribution is 5.81. The zero-order chi connectivity index (χ0) is 15.7. The van der Waals surface area contributed by atoms with E-state index in [9.17, 15) is 4.79 Å². The molecule has 1 N–H and O–H groups in total. The molecule has 2 atom stereocenters. The van der Waals surface area contributed by atoms with Crippen LogP contribution >= 0.6 is 0 Å². The fraction of sp³-hybridized carbons (Fsp3) is 0.941. The van der Waals surface area contributed by atoms with Gasteiger partial charge in [-0.25, -0.2) is 0 Å². The lowest BCUT2D eigenvalue weighted by Gasteiger charge is -2.33. The van der Waals surface area contributed by atoms with Crippen molar-refractivity contribution in [2.45, 2.75) is 64.3 Å². The largest absolute Gasteiger partial charge is 0.465 e. The van der Waals surface area contributed by atoms with Crippen molar-refractivity contribution in [3.63, 3.8) is 0 Å². The van der Waals surface area contributed by atoms with E-state index < -0.39 is 5.54 Å². The fourth-order valence-electron chi connectivity index (χ4n) is 3.55.